The van der Waals surface area contributed by atoms with Gasteiger partial charge < -0.3 is 10.3 Å². The second-order valence-corrected chi connectivity index (χ2v) is 7.35. The van der Waals surface area contributed by atoms with E-state index in [0.717, 1.165) is 33.7 Å². The lowest BCUT2D eigenvalue weighted by molar-refractivity contribution is -0.115. The summed E-state index contributed by atoms with van der Waals surface area (Å²) in [6.07, 6.45) is 3.11. The number of fused-ring (bicyclic) bond motifs is 1. The summed E-state index contributed by atoms with van der Waals surface area (Å²) in [5, 5.41) is 6.49. The summed E-state index contributed by atoms with van der Waals surface area (Å²) < 4.78 is 0. The quantitative estimate of drug-likeness (QED) is 0.298. The van der Waals surface area contributed by atoms with Gasteiger partial charge in [0.2, 0.25) is 5.91 Å². The summed E-state index contributed by atoms with van der Waals surface area (Å²) in [5.41, 5.74) is 4.50. The third-order valence-electron chi connectivity index (χ3n) is 4.34. The number of thiocarbonyl (C=S) groups is 1. The van der Waals surface area contributed by atoms with Crippen molar-refractivity contribution in [2.45, 2.75) is 0 Å². The number of carbonyl (C=O) groups excluding carboxylic acids is 1. The molecule has 3 aromatic carbocycles. The monoisotopic (exact) mass is 432 g/mol. The number of carbonyl (C=O) groups is 1. The molecule has 1 aromatic heterocycles. The predicted molar refractivity (Wildman–Crippen MR) is 126 cm³/mol. The highest BCUT2D eigenvalue weighted by molar-refractivity contribution is 7.80. The number of imidazole rings is 1. The Kier molecular flexibility index (Phi) is 5.88. The predicted octanol–water partition coefficient (Wildman–Crippen LogP) is 5.41. The van der Waals surface area contributed by atoms with Gasteiger partial charge in [0.1, 0.15) is 5.82 Å². The lowest BCUT2D eigenvalue weighted by Crippen LogP contribution is -2.32. The summed E-state index contributed by atoms with van der Waals surface area (Å²) in [5.74, 6) is 0.479. The zero-order chi connectivity index (χ0) is 20.9. The molecule has 0 bridgehead atoms. The van der Waals surface area contributed by atoms with Crippen molar-refractivity contribution in [2.75, 3.05) is 5.32 Å². The summed E-state index contributed by atoms with van der Waals surface area (Å²) in [7, 11) is 0. The number of hydrogen-bond donors (Lipinski definition) is 3. The van der Waals surface area contributed by atoms with Gasteiger partial charge in [0.25, 0.3) is 0 Å². The first-order valence-electron chi connectivity index (χ1n) is 9.18. The molecule has 0 fully saturated rings. The highest BCUT2D eigenvalue weighted by Gasteiger charge is 2.06. The molecule has 0 unspecified atom stereocenters. The maximum absolute atomic E-state index is 12.0. The lowest BCUT2D eigenvalue weighted by Gasteiger charge is -2.08. The van der Waals surface area contributed by atoms with Gasteiger partial charge in [-0.05, 0) is 72.4 Å². The number of anilines is 1. The van der Waals surface area contributed by atoms with Gasteiger partial charge in [0.15, 0.2) is 5.11 Å². The van der Waals surface area contributed by atoms with Crippen LogP contribution in [0.1, 0.15) is 5.56 Å². The normalized spacial score (nSPS) is 11.0. The van der Waals surface area contributed by atoms with E-state index in [1.165, 1.54) is 6.08 Å². The first kappa shape index (κ1) is 19.8. The van der Waals surface area contributed by atoms with Crippen LogP contribution in [0, 0.1) is 0 Å². The van der Waals surface area contributed by atoms with Gasteiger partial charge >= 0.3 is 0 Å². The number of aromatic amines is 1. The molecule has 0 spiro atoms. The van der Waals surface area contributed by atoms with Crippen molar-refractivity contribution in [1.29, 1.82) is 0 Å². The van der Waals surface area contributed by atoms with E-state index in [2.05, 4.69) is 20.6 Å². The van der Waals surface area contributed by atoms with E-state index in [-0.39, 0.29) is 11.0 Å². The molecule has 0 radical (unpaired) electrons. The highest BCUT2D eigenvalue weighted by Crippen LogP contribution is 2.22. The highest BCUT2D eigenvalue weighted by atomic mass is 35.5. The molecule has 4 aromatic rings. The van der Waals surface area contributed by atoms with E-state index in [9.17, 15) is 4.79 Å². The van der Waals surface area contributed by atoms with E-state index < -0.39 is 0 Å². The van der Waals surface area contributed by atoms with E-state index in [1.54, 1.807) is 18.2 Å². The summed E-state index contributed by atoms with van der Waals surface area (Å²) in [6, 6.07) is 22.7. The molecule has 1 heterocycles. The van der Waals surface area contributed by atoms with Crippen LogP contribution in [0.3, 0.4) is 0 Å². The molecule has 0 aliphatic heterocycles. The van der Waals surface area contributed by atoms with Crippen LogP contribution < -0.4 is 10.6 Å². The maximum Gasteiger partial charge on any atom is 0.250 e. The SMILES string of the molecule is O=C(C=Cc1ccc(Cl)cc1)NC(=S)Nc1ccc(-c2nc3ccccc3[nH]2)cc1. The summed E-state index contributed by atoms with van der Waals surface area (Å²) >= 11 is 11.1. The van der Waals surface area contributed by atoms with Gasteiger partial charge in [0.05, 0.1) is 11.0 Å². The number of aromatic nitrogens is 2. The first-order valence-corrected chi connectivity index (χ1v) is 9.96. The molecule has 0 saturated carbocycles. The second-order valence-electron chi connectivity index (χ2n) is 6.51. The zero-order valence-electron chi connectivity index (χ0n) is 15.7. The van der Waals surface area contributed by atoms with Crippen LogP contribution in [0.5, 0.6) is 0 Å². The van der Waals surface area contributed by atoms with Gasteiger partial charge in [-0.3, -0.25) is 10.1 Å². The minimum atomic E-state index is -0.318. The van der Waals surface area contributed by atoms with Crippen molar-refractivity contribution in [2.24, 2.45) is 0 Å². The number of para-hydroxylation sites is 2. The Morgan fingerprint density at radius 2 is 1.73 bits per heavy atom. The summed E-state index contributed by atoms with van der Waals surface area (Å²) in [6.45, 7) is 0. The van der Waals surface area contributed by atoms with E-state index in [0.29, 0.717) is 5.02 Å². The van der Waals surface area contributed by atoms with Crippen molar-refractivity contribution in [1.82, 2.24) is 15.3 Å². The fraction of sp³-hybridized carbons (Fsp3) is 0. The lowest BCUT2D eigenvalue weighted by atomic mass is 10.2. The Hall–Kier alpha value is -3.48. The van der Waals surface area contributed by atoms with Crippen molar-refractivity contribution < 1.29 is 4.79 Å². The van der Waals surface area contributed by atoms with Crippen LogP contribution >= 0.6 is 23.8 Å². The average molecular weight is 433 g/mol. The van der Waals surface area contributed by atoms with Crippen LogP contribution in [0.25, 0.3) is 28.5 Å². The van der Waals surface area contributed by atoms with Gasteiger partial charge in [0, 0.05) is 22.3 Å². The van der Waals surface area contributed by atoms with Crippen molar-refractivity contribution in [3.05, 3.63) is 89.5 Å². The number of nitrogens with one attached hydrogen (secondary N) is 3. The molecule has 0 aliphatic rings. The molecular weight excluding hydrogens is 416 g/mol. The Morgan fingerprint density at radius 1 is 1.00 bits per heavy atom. The Bertz CT molecular complexity index is 1200. The maximum atomic E-state index is 12.0. The van der Waals surface area contributed by atoms with E-state index >= 15 is 0 Å². The molecule has 7 heteroatoms. The number of nitrogens with zero attached hydrogens (tertiary/aromatic N) is 1. The Labute approximate surface area is 183 Å². The topological polar surface area (TPSA) is 69.8 Å². The third kappa shape index (κ3) is 4.92. The Morgan fingerprint density at radius 3 is 2.47 bits per heavy atom. The number of rotatable bonds is 4. The summed E-state index contributed by atoms with van der Waals surface area (Å²) in [4.78, 5) is 19.9. The van der Waals surface area contributed by atoms with E-state index in [1.807, 2.05) is 60.7 Å². The van der Waals surface area contributed by atoms with Crippen LogP contribution in [0.4, 0.5) is 5.69 Å². The molecule has 4 rings (SSSR count). The number of benzene rings is 3. The fourth-order valence-corrected chi connectivity index (χ4v) is 3.21. The average Bonchev–Trinajstić information content (AvgIpc) is 3.18. The largest absolute Gasteiger partial charge is 0.338 e. The van der Waals surface area contributed by atoms with Gasteiger partial charge in [-0.15, -0.1) is 0 Å². The van der Waals surface area contributed by atoms with Crippen molar-refractivity contribution in [3.8, 4) is 11.4 Å². The smallest absolute Gasteiger partial charge is 0.250 e. The molecule has 148 valence electrons. The minimum Gasteiger partial charge on any atom is -0.338 e. The molecular formula is C23H17ClN4OS. The second kappa shape index (κ2) is 8.90. The molecule has 30 heavy (non-hydrogen) atoms. The standard InChI is InChI=1S/C23H17ClN4OS/c24-17-10-5-15(6-11-17)7-14-21(29)28-23(30)25-18-12-8-16(9-13-18)22-26-19-3-1-2-4-20(19)27-22/h1-14H,(H,26,27)(H2,25,28,29,30). The minimum absolute atomic E-state index is 0.220. The van der Waals surface area contributed by atoms with Gasteiger partial charge in [-0.25, -0.2) is 4.98 Å². The molecule has 3 N–H and O–H groups in total. The van der Waals surface area contributed by atoms with Crippen LogP contribution in [-0.2, 0) is 4.79 Å². The van der Waals surface area contributed by atoms with Crippen molar-refractivity contribution >= 4 is 57.6 Å². The van der Waals surface area contributed by atoms with Crippen LogP contribution in [0.15, 0.2) is 78.9 Å². The number of H-pyrrole nitrogens is 1. The first-order chi connectivity index (χ1) is 14.6. The Balaban J connectivity index is 1.35. The third-order valence-corrected chi connectivity index (χ3v) is 4.80. The number of halogens is 1. The van der Waals surface area contributed by atoms with E-state index in [4.69, 9.17) is 23.8 Å². The van der Waals surface area contributed by atoms with Gasteiger partial charge in [-0.1, -0.05) is 35.9 Å². The molecule has 1 amide bonds. The molecule has 0 saturated heterocycles. The number of hydrogen-bond acceptors (Lipinski definition) is 3. The molecule has 0 atom stereocenters. The van der Waals surface area contributed by atoms with Gasteiger partial charge in [-0.2, -0.15) is 0 Å². The fourth-order valence-electron chi connectivity index (χ4n) is 2.86. The van der Waals surface area contributed by atoms with Crippen molar-refractivity contribution in [3.63, 3.8) is 0 Å². The zero-order valence-corrected chi connectivity index (χ0v) is 17.3. The molecule has 0 aliphatic carbocycles. The molecule has 5 nitrogen and oxygen atoms in total. The number of amides is 1. The van der Waals surface area contributed by atoms with Crippen LogP contribution in [-0.4, -0.2) is 21.0 Å². The van der Waals surface area contributed by atoms with Crippen LogP contribution in [0.2, 0.25) is 5.02 Å².